The number of aryl methyl sites for hydroxylation is 1. The number of aromatic nitrogens is 1. The van der Waals surface area contributed by atoms with Gasteiger partial charge in [-0.25, -0.2) is 4.57 Å². The number of hydrogen-bond acceptors (Lipinski definition) is 3. The molecule has 1 heterocycles. The average Bonchev–Trinajstić information content (AvgIpc) is 2.79. The van der Waals surface area contributed by atoms with Crippen LogP contribution in [0.3, 0.4) is 0 Å². The van der Waals surface area contributed by atoms with E-state index in [1.54, 1.807) is 18.2 Å². The Labute approximate surface area is 221 Å². The van der Waals surface area contributed by atoms with Gasteiger partial charge in [0.05, 0.1) is 11.6 Å². The summed E-state index contributed by atoms with van der Waals surface area (Å²) in [6.45, 7) is 3.43. The van der Waals surface area contributed by atoms with E-state index in [2.05, 4.69) is 12.2 Å². The summed E-state index contributed by atoms with van der Waals surface area (Å²) < 4.78 is 13.3. The molecule has 0 spiro atoms. The van der Waals surface area contributed by atoms with E-state index in [-0.39, 0.29) is 36.5 Å². The van der Waals surface area contributed by atoms with Gasteiger partial charge in [0.15, 0.2) is 19.0 Å². The number of carbonyl (C=O) groups is 1. The minimum atomic E-state index is -0.155. The average molecular weight is 589 g/mol. The molecule has 0 aliphatic carbocycles. The first kappa shape index (κ1) is 29.5. The molecule has 0 atom stereocenters. The first-order valence-electron chi connectivity index (χ1n) is 11.8. The topological polar surface area (TPSA) is 51.4 Å². The van der Waals surface area contributed by atoms with E-state index in [1.807, 2.05) is 36.1 Å². The standard InChI is InChI=1S/C26H37ClN2O3.HI/c1-3-4-5-6-7-8-9-10-19-31-25-12-11-23(20-24(25)27)32-21-26(30)28-16-13-22-14-17-29(2)18-15-22;/h11-12,14-15,17-18,20H,3-10,13,16,19,21H2,1-2H3;1H. The Hall–Kier alpha value is -1.54. The van der Waals surface area contributed by atoms with E-state index < -0.39 is 0 Å². The molecule has 0 unspecified atom stereocenters. The van der Waals surface area contributed by atoms with Gasteiger partial charge < -0.3 is 38.8 Å². The first-order chi connectivity index (χ1) is 15.6. The molecule has 0 radical (unpaired) electrons. The minimum Gasteiger partial charge on any atom is -1.00 e. The SMILES string of the molecule is CCCCCCCCCCOc1ccc(OCC(=O)NCCc2cc[n+](C)cc2)cc1Cl.[I-]. The molecule has 7 heteroatoms. The number of halogens is 2. The van der Waals surface area contributed by atoms with Crippen molar-refractivity contribution in [3.05, 3.63) is 53.3 Å². The zero-order valence-electron chi connectivity index (χ0n) is 20.0. The van der Waals surface area contributed by atoms with Crippen molar-refractivity contribution in [3.8, 4) is 11.5 Å². The third-order valence-corrected chi connectivity index (χ3v) is 5.61. The van der Waals surface area contributed by atoms with E-state index in [0.29, 0.717) is 29.7 Å². The second-order valence-corrected chi connectivity index (χ2v) is 8.58. The summed E-state index contributed by atoms with van der Waals surface area (Å²) in [5, 5.41) is 3.37. The Morgan fingerprint density at radius 3 is 2.30 bits per heavy atom. The highest BCUT2D eigenvalue weighted by Gasteiger charge is 2.07. The molecule has 0 saturated carbocycles. The zero-order valence-corrected chi connectivity index (χ0v) is 22.9. The fourth-order valence-corrected chi connectivity index (χ4v) is 3.58. The van der Waals surface area contributed by atoms with Crippen molar-refractivity contribution < 1.29 is 42.8 Å². The predicted octanol–water partition coefficient (Wildman–Crippen LogP) is 2.43. The second kappa shape index (κ2) is 17.9. The lowest BCUT2D eigenvalue weighted by molar-refractivity contribution is -0.671. The number of pyridine rings is 1. The molecule has 2 aromatic rings. The highest BCUT2D eigenvalue weighted by atomic mass is 127. The van der Waals surface area contributed by atoms with Crippen LogP contribution in [0.5, 0.6) is 11.5 Å². The monoisotopic (exact) mass is 588 g/mol. The lowest BCUT2D eigenvalue weighted by Crippen LogP contribution is -3.00. The van der Waals surface area contributed by atoms with Gasteiger partial charge in [0, 0.05) is 24.7 Å². The molecular formula is C26H38ClIN2O3. The van der Waals surface area contributed by atoms with Gasteiger partial charge in [0.2, 0.25) is 0 Å². The van der Waals surface area contributed by atoms with Gasteiger partial charge in [-0.2, -0.15) is 0 Å². The largest absolute Gasteiger partial charge is 1.00 e. The third-order valence-electron chi connectivity index (χ3n) is 5.31. The Balaban J connectivity index is 0.00000544. The first-order valence-corrected chi connectivity index (χ1v) is 12.2. The summed E-state index contributed by atoms with van der Waals surface area (Å²) in [6, 6.07) is 9.37. The highest BCUT2D eigenvalue weighted by Crippen LogP contribution is 2.29. The Bertz CT molecular complexity index is 803. The number of carbonyl (C=O) groups excluding carboxylic acids is 1. The van der Waals surface area contributed by atoms with Gasteiger partial charge in [-0.05, 0) is 30.5 Å². The Kier molecular flexibility index (Phi) is 16.0. The van der Waals surface area contributed by atoms with Crippen LogP contribution in [0.15, 0.2) is 42.7 Å². The van der Waals surface area contributed by atoms with Crippen molar-refractivity contribution in [2.45, 2.75) is 64.7 Å². The fourth-order valence-electron chi connectivity index (χ4n) is 3.35. The number of unbranched alkanes of at least 4 members (excludes halogenated alkanes) is 7. The zero-order chi connectivity index (χ0) is 23.0. The lowest BCUT2D eigenvalue weighted by atomic mass is 10.1. The molecule has 1 aromatic carbocycles. The van der Waals surface area contributed by atoms with E-state index in [4.69, 9.17) is 21.1 Å². The quantitative estimate of drug-likeness (QED) is 0.186. The molecule has 2 rings (SSSR count). The van der Waals surface area contributed by atoms with Gasteiger partial charge in [-0.3, -0.25) is 4.79 Å². The molecule has 1 aromatic heterocycles. The summed E-state index contributed by atoms with van der Waals surface area (Å²) in [7, 11) is 1.98. The van der Waals surface area contributed by atoms with Gasteiger partial charge in [0.25, 0.3) is 5.91 Å². The van der Waals surface area contributed by atoms with Crippen LogP contribution < -0.4 is 43.3 Å². The number of nitrogens with zero attached hydrogens (tertiary/aromatic N) is 1. The third kappa shape index (κ3) is 13.1. The maximum atomic E-state index is 12.0. The number of rotatable bonds is 16. The van der Waals surface area contributed by atoms with Crippen LogP contribution in [0.2, 0.25) is 5.02 Å². The lowest BCUT2D eigenvalue weighted by Gasteiger charge is -2.11. The van der Waals surface area contributed by atoms with Crippen molar-refractivity contribution in [1.82, 2.24) is 5.32 Å². The molecule has 0 aliphatic heterocycles. The van der Waals surface area contributed by atoms with E-state index in [1.165, 1.54) is 50.5 Å². The van der Waals surface area contributed by atoms with Crippen LogP contribution in [0, 0.1) is 0 Å². The minimum absolute atomic E-state index is 0. The van der Waals surface area contributed by atoms with E-state index in [9.17, 15) is 4.79 Å². The Morgan fingerprint density at radius 2 is 1.64 bits per heavy atom. The molecule has 5 nitrogen and oxygen atoms in total. The summed E-state index contributed by atoms with van der Waals surface area (Å²) in [6.07, 6.45) is 14.9. The Morgan fingerprint density at radius 1 is 0.970 bits per heavy atom. The van der Waals surface area contributed by atoms with Crippen LogP contribution in [0.4, 0.5) is 0 Å². The van der Waals surface area contributed by atoms with Gasteiger partial charge >= 0.3 is 0 Å². The molecule has 1 N–H and O–H groups in total. The van der Waals surface area contributed by atoms with Gasteiger partial charge in [-0.1, -0.05) is 63.5 Å². The predicted molar refractivity (Wildman–Crippen MR) is 129 cm³/mol. The van der Waals surface area contributed by atoms with E-state index in [0.717, 1.165) is 12.8 Å². The van der Waals surface area contributed by atoms with Crippen molar-refractivity contribution in [2.75, 3.05) is 19.8 Å². The number of ether oxygens (including phenoxy) is 2. The van der Waals surface area contributed by atoms with Gasteiger partial charge in [0.1, 0.15) is 18.5 Å². The molecule has 33 heavy (non-hydrogen) atoms. The maximum Gasteiger partial charge on any atom is 0.257 e. The second-order valence-electron chi connectivity index (χ2n) is 8.18. The van der Waals surface area contributed by atoms with Crippen LogP contribution >= 0.6 is 11.6 Å². The van der Waals surface area contributed by atoms with Crippen molar-refractivity contribution in [2.24, 2.45) is 7.05 Å². The van der Waals surface area contributed by atoms with Crippen LogP contribution in [0.25, 0.3) is 0 Å². The number of benzene rings is 1. The normalized spacial score (nSPS) is 10.4. The van der Waals surface area contributed by atoms with Crippen LogP contribution in [-0.2, 0) is 18.3 Å². The summed E-state index contributed by atoms with van der Waals surface area (Å²) >= 11 is 6.31. The number of nitrogens with one attached hydrogen (secondary N) is 1. The van der Waals surface area contributed by atoms with Crippen LogP contribution in [0.1, 0.15) is 63.9 Å². The van der Waals surface area contributed by atoms with Crippen molar-refractivity contribution >= 4 is 17.5 Å². The molecule has 184 valence electrons. The molecule has 0 saturated heterocycles. The maximum absolute atomic E-state index is 12.0. The molecule has 1 amide bonds. The fraction of sp³-hybridized carbons (Fsp3) is 0.538. The van der Waals surface area contributed by atoms with Crippen molar-refractivity contribution in [1.29, 1.82) is 0 Å². The smallest absolute Gasteiger partial charge is 0.257 e. The summed E-state index contributed by atoms with van der Waals surface area (Å²) in [5.74, 6) is 1.06. The van der Waals surface area contributed by atoms with Crippen molar-refractivity contribution in [3.63, 3.8) is 0 Å². The number of hydrogen-bond donors (Lipinski definition) is 1. The molecular weight excluding hydrogens is 551 g/mol. The molecule has 0 bridgehead atoms. The number of amides is 1. The summed E-state index contributed by atoms with van der Waals surface area (Å²) in [4.78, 5) is 12.0. The highest BCUT2D eigenvalue weighted by molar-refractivity contribution is 6.32. The molecule has 0 aliphatic rings. The molecule has 0 fully saturated rings. The van der Waals surface area contributed by atoms with E-state index >= 15 is 0 Å². The van der Waals surface area contributed by atoms with Gasteiger partial charge in [-0.15, -0.1) is 0 Å². The van der Waals surface area contributed by atoms with Crippen LogP contribution in [-0.4, -0.2) is 25.7 Å². The summed E-state index contributed by atoms with van der Waals surface area (Å²) in [5.41, 5.74) is 1.18.